The Labute approximate surface area is 137 Å². The minimum atomic E-state index is 0.631. The van der Waals surface area contributed by atoms with Crippen LogP contribution >= 0.6 is 11.3 Å². The second kappa shape index (κ2) is 6.14. The van der Waals surface area contributed by atoms with Gasteiger partial charge in [0.05, 0.1) is 0 Å². The van der Waals surface area contributed by atoms with E-state index in [9.17, 15) is 0 Å². The van der Waals surface area contributed by atoms with Crippen LogP contribution in [-0.2, 0) is 6.54 Å². The highest BCUT2D eigenvalue weighted by Gasteiger charge is 2.05. The topological polar surface area (TPSA) is 50.7 Å². The molecular weight excluding hydrogens is 304 g/mol. The number of anilines is 1. The zero-order chi connectivity index (χ0) is 15.5. The van der Waals surface area contributed by atoms with Crippen molar-refractivity contribution in [1.29, 1.82) is 0 Å². The molecule has 0 aliphatic heterocycles. The van der Waals surface area contributed by atoms with E-state index in [1.54, 1.807) is 23.7 Å². The highest BCUT2D eigenvalue weighted by atomic mass is 32.1. The number of rotatable bonds is 4. The molecule has 23 heavy (non-hydrogen) atoms. The molecule has 3 aromatic heterocycles. The van der Waals surface area contributed by atoms with E-state index in [4.69, 9.17) is 0 Å². The van der Waals surface area contributed by atoms with Crippen LogP contribution in [0.4, 0.5) is 5.95 Å². The Balaban J connectivity index is 1.51. The predicted molar refractivity (Wildman–Crippen MR) is 94.4 cm³/mol. The summed E-state index contributed by atoms with van der Waals surface area (Å²) in [4.78, 5) is 14.0. The third-order valence-electron chi connectivity index (χ3n) is 3.56. The third-order valence-corrected chi connectivity index (χ3v) is 4.73. The van der Waals surface area contributed by atoms with Gasteiger partial charge in [0, 0.05) is 46.5 Å². The number of thiophene rings is 1. The molecule has 0 unspecified atom stereocenters. The second-order valence-electron chi connectivity index (χ2n) is 5.15. The number of hydrogen-bond donors (Lipinski definition) is 1. The summed E-state index contributed by atoms with van der Waals surface area (Å²) in [6.07, 6.45) is 7.30. The van der Waals surface area contributed by atoms with Gasteiger partial charge in [0.1, 0.15) is 0 Å². The number of benzene rings is 1. The maximum atomic E-state index is 4.41. The molecule has 5 heteroatoms. The van der Waals surface area contributed by atoms with Crippen molar-refractivity contribution < 1.29 is 0 Å². The normalized spacial score (nSPS) is 10.8. The van der Waals surface area contributed by atoms with Gasteiger partial charge in [0.15, 0.2) is 0 Å². The summed E-state index contributed by atoms with van der Waals surface area (Å²) in [7, 11) is 0. The van der Waals surface area contributed by atoms with Crippen LogP contribution in [0.15, 0.2) is 67.3 Å². The van der Waals surface area contributed by atoms with Crippen molar-refractivity contribution in [1.82, 2.24) is 15.0 Å². The summed E-state index contributed by atoms with van der Waals surface area (Å²) in [6.45, 7) is 0.685. The monoisotopic (exact) mass is 318 g/mol. The van der Waals surface area contributed by atoms with E-state index in [-0.39, 0.29) is 0 Å². The van der Waals surface area contributed by atoms with Crippen LogP contribution in [0.1, 0.15) is 5.56 Å². The standard InChI is InChI=1S/C18H14N4S/c1-2-4-16-14(3-1)9-17(23-16)15-11-21-18(22-12-15)20-10-13-5-7-19-8-6-13/h1-9,11-12H,10H2,(H,20,21,22). The Bertz CT molecular complexity index is 884. The molecule has 0 amide bonds. The maximum Gasteiger partial charge on any atom is 0.222 e. The van der Waals surface area contributed by atoms with Gasteiger partial charge in [-0.25, -0.2) is 9.97 Å². The van der Waals surface area contributed by atoms with Crippen LogP contribution in [0.25, 0.3) is 20.5 Å². The number of nitrogens with zero attached hydrogens (tertiary/aromatic N) is 3. The molecule has 112 valence electrons. The van der Waals surface area contributed by atoms with Crippen LogP contribution < -0.4 is 5.32 Å². The highest BCUT2D eigenvalue weighted by Crippen LogP contribution is 2.32. The molecule has 0 spiro atoms. The second-order valence-corrected chi connectivity index (χ2v) is 6.24. The Morgan fingerprint density at radius 1 is 0.957 bits per heavy atom. The van der Waals surface area contributed by atoms with E-state index in [0.29, 0.717) is 12.5 Å². The lowest BCUT2D eigenvalue weighted by atomic mass is 10.2. The fraction of sp³-hybridized carbons (Fsp3) is 0.0556. The van der Waals surface area contributed by atoms with Crippen molar-refractivity contribution in [3.63, 3.8) is 0 Å². The lowest BCUT2D eigenvalue weighted by molar-refractivity contribution is 1.05. The molecule has 1 N–H and O–H groups in total. The van der Waals surface area contributed by atoms with Crippen molar-refractivity contribution in [2.45, 2.75) is 6.54 Å². The Morgan fingerprint density at radius 3 is 2.52 bits per heavy atom. The van der Waals surface area contributed by atoms with Crippen molar-refractivity contribution in [2.75, 3.05) is 5.32 Å². The quantitative estimate of drug-likeness (QED) is 0.607. The summed E-state index contributed by atoms with van der Waals surface area (Å²) in [5.74, 6) is 0.631. The van der Waals surface area contributed by atoms with E-state index in [0.717, 1.165) is 11.1 Å². The molecule has 4 aromatic rings. The Kier molecular flexibility index (Phi) is 3.70. The Hall–Kier alpha value is -2.79. The third kappa shape index (κ3) is 3.05. The fourth-order valence-electron chi connectivity index (χ4n) is 2.35. The average Bonchev–Trinajstić information content (AvgIpc) is 3.05. The molecule has 0 bridgehead atoms. The number of nitrogens with one attached hydrogen (secondary N) is 1. The number of aromatic nitrogens is 3. The molecule has 4 nitrogen and oxygen atoms in total. The zero-order valence-corrected chi connectivity index (χ0v) is 13.1. The van der Waals surface area contributed by atoms with Gasteiger partial charge in [-0.3, -0.25) is 4.98 Å². The van der Waals surface area contributed by atoms with Gasteiger partial charge in [0.2, 0.25) is 5.95 Å². The van der Waals surface area contributed by atoms with E-state index in [1.165, 1.54) is 15.0 Å². The van der Waals surface area contributed by atoms with E-state index in [2.05, 4.69) is 50.6 Å². The highest BCUT2D eigenvalue weighted by molar-refractivity contribution is 7.22. The summed E-state index contributed by atoms with van der Waals surface area (Å²) >= 11 is 1.76. The molecular formula is C18H14N4S. The van der Waals surface area contributed by atoms with E-state index < -0.39 is 0 Å². The van der Waals surface area contributed by atoms with Gasteiger partial charge in [-0.15, -0.1) is 11.3 Å². The molecule has 0 saturated carbocycles. The van der Waals surface area contributed by atoms with Crippen LogP contribution in [0.3, 0.4) is 0 Å². The summed E-state index contributed by atoms with van der Waals surface area (Å²) in [5, 5.41) is 4.48. The first kappa shape index (κ1) is 13.8. The molecule has 0 saturated heterocycles. The summed E-state index contributed by atoms with van der Waals surface area (Å²) in [6, 6.07) is 14.5. The van der Waals surface area contributed by atoms with E-state index >= 15 is 0 Å². The first-order valence-corrected chi connectivity index (χ1v) is 8.14. The Morgan fingerprint density at radius 2 is 1.74 bits per heavy atom. The van der Waals surface area contributed by atoms with Crippen LogP contribution in [0.5, 0.6) is 0 Å². The number of hydrogen-bond acceptors (Lipinski definition) is 5. The minimum absolute atomic E-state index is 0.631. The zero-order valence-electron chi connectivity index (χ0n) is 12.3. The molecule has 4 rings (SSSR count). The molecule has 1 aromatic carbocycles. The average molecular weight is 318 g/mol. The fourth-order valence-corrected chi connectivity index (χ4v) is 3.39. The van der Waals surface area contributed by atoms with E-state index in [1.807, 2.05) is 24.5 Å². The summed E-state index contributed by atoms with van der Waals surface area (Å²) < 4.78 is 1.28. The van der Waals surface area contributed by atoms with Crippen molar-refractivity contribution in [2.24, 2.45) is 0 Å². The number of pyridine rings is 1. The van der Waals surface area contributed by atoms with Crippen LogP contribution in [0, 0.1) is 0 Å². The van der Waals surface area contributed by atoms with Gasteiger partial charge in [0.25, 0.3) is 0 Å². The van der Waals surface area contributed by atoms with Crippen LogP contribution in [-0.4, -0.2) is 15.0 Å². The van der Waals surface area contributed by atoms with Crippen molar-refractivity contribution in [3.8, 4) is 10.4 Å². The predicted octanol–water partition coefficient (Wildman–Crippen LogP) is 4.37. The molecule has 0 fully saturated rings. The SMILES string of the molecule is c1ccc2sc(-c3cnc(NCc4ccncc4)nc3)cc2c1. The van der Waals surface area contributed by atoms with Gasteiger partial charge >= 0.3 is 0 Å². The van der Waals surface area contributed by atoms with Gasteiger partial charge in [-0.1, -0.05) is 18.2 Å². The van der Waals surface area contributed by atoms with Gasteiger partial charge < -0.3 is 5.32 Å². The molecule has 0 radical (unpaired) electrons. The van der Waals surface area contributed by atoms with Gasteiger partial charge in [-0.2, -0.15) is 0 Å². The summed E-state index contributed by atoms with van der Waals surface area (Å²) in [5.41, 5.74) is 2.19. The first-order chi connectivity index (χ1) is 11.4. The minimum Gasteiger partial charge on any atom is -0.350 e. The van der Waals surface area contributed by atoms with Crippen molar-refractivity contribution >= 4 is 27.4 Å². The maximum absolute atomic E-state index is 4.41. The van der Waals surface area contributed by atoms with Gasteiger partial charge in [-0.05, 0) is 35.2 Å². The van der Waals surface area contributed by atoms with Crippen LogP contribution in [0.2, 0.25) is 0 Å². The lowest BCUT2D eigenvalue weighted by Gasteiger charge is -2.04. The molecule has 0 atom stereocenters. The first-order valence-electron chi connectivity index (χ1n) is 7.32. The smallest absolute Gasteiger partial charge is 0.222 e. The molecule has 0 aliphatic carbocycles. The molecule has 0 aliphatic rings. The lowest BCUT2D eigenvalue weighted by Crippen LogP contribution is -2.03. The number of fused-ring (bicyclic) bond motifs is 1. The van der Waals surface area contributed by atoms with Crippen molar-refractivity contribution in [3.05, 3.63) is 72.8 Å². The molecule has 3 heterocycles. The largest absolute Gasteiger partial charge is 0.350 e.